The van der Waals surface area contributed by atoms with Gasteiger partial charge in [0.25, 0.3) is 0 Å². The van der Waals surface area contributed by atoms with Gasteiger partial charge in [0.2, 0.25) is 0 Å². The largest absolute Gasteiger partial charge is 0.469 e. The number of Topliss-reactive ketones (excluding diaryl/α,β-unsaturated/α-hetero) is 1. The number of rotatable bonds is 2. The standard InChI is InChI=1S/C30H48O4/c1-18(31)19-10-15-30(25(33)34-7)17-16-28(5)20(24(19)30)8-9-22-27(4)13-12-23(32)26(2,3)21(27)11-14-29(22,28)6/h19-24,32H,8-17H2,1-7H3/t19?,20?,21?,22?,23-,24?,27-,28+,29+,30-/m0/s1. The summed E-state index contributed by atoms with van der Waals surface area (Å²) in [7, 11) is 1.53. The molecule has 5 rings (SSSR count). The van der Waals surface area contributed by atoms with Crippen LogP contribution in [0.3, 0.4) is 0 Å². The van der Waals surface area contributed by atoms with Crippen molar-refractivity contribution in [3.05, 3.63) is 0 Å². The number of esters is 1. The van der Waals surface area contributed by atoms with Gasteiger partial charge in [-0.1, -0.05) is 34.6 Å². The molecule has 0 aromatic carbocycles. The number of hydrogen-bond donors (Lipinski definition) is 1. The van der Waals surface area contributed by atoms with Crippen LogP contribution in [-0.4, -0.2) is 30.1 Å². The van der Waals surface area contributed by atoms with Gasteiger partial charge in [0.05, 0.1) is 18.6 Å². The second-order valence-electron chi connectivity index (χ2n) is 14.5. The van der Waals surface area contributed by atoms with Gasteiger partial charge < -0.3 is 9.84 Å². The molecule has 5 unspecified atom stereocenters. The van der Waals surface area contributed by atoms with Gasteiger partial charge in [0.1, 0.15) is 5.78 Å². The highest BCUT2D eigenvalue weighted by Crippen LogP contribution is 2.77. The molecule has 0 aromatic heterocycles. The zero-order chi connectivity index (χ0) is 24.9. The Hall–Kier alpha value is -0.900. The maximum Gasteiger partial charge on any atom is 0.312 e. The van der Waals surface area contributed by atoms with Crippen LogP contribution in [-0.2, 0) is 14.3 Å². The third kappa shape index (κ3) is 2.81. The SMILES string of the molecule is COC(=O)[C@]12CCC(C(C)=O)C1C1CCC3[C@@]4(C)CC[C@H](O)C(C)(C)C4CC[C@@]3(C)[C@]1(C)CC2. The summed E-state index contributed by atoms with van der Waals surface area (Å²) in [6.45, 7) is 14.0. The molecule has 5 aliphatic carbocycles. The summed E-state index contributed by atoms with van der Waals surface area (Å²) in [5.74, 6) is 1.93. The molecule has 0 amide bonds. The summed E-state index contributed by atoms with van der Waals surface area (Å²) in [6, 6.07) is 0. The third-order valence-corrected chi connectivity index (χ3v) is 13.5. The van der Waals surface area contributed by atoms with Crippen molar-refractivity contribution < 1.29 is 19.4 Å². The molecular weight excluding hydrogens is 424 g/mol. The first kappa shape index (κ1) is 24.8. The van der Waals surface area contributed by atoms with E-state index in [9.17, 15) is 14.7 Å². The molecule has 0 bridgehead atoms. The number of ketones is 1. The van der Waals surface area contributed by atoms with E-state index in [-0.39, 0.29) is 51.4 Å². The second kappa shape index (κ2) is 7.56. The van der Waals surface area contributed by atoms with Crippen molar-refractivity contribution in [2.45, 2.75) is 112 Å². The van der Waals surface area contributed by atoms with E-state index in [4.69, 9.17) is 4.74 Å². The Morgan fingerprint density at radius 2 is 1.50 bits per heavy atom. The lowest BCUT2D eigenvalue weighted by molar-refractivity contribution is -0.248. The molecule has 5 saturated carbocycles. The monoisotopic (exact) mass is 472 g/mol. The Bertz CT molecular complexity index is 879. The predicted octanol–water partition coefficient (Wildman–Crippen LogP) is 6.19. The molecule has 34 heavy (non-hydrogen) atoms. The van der Waals surface area contributed by atoms with Crippen LogP contribution in [0.1, 0.15) is 106 Å². The highest BCUT2D eigenvalue weighted by Gasteiger charge is 2.72. The van der Waals surface area contributed by atoms with E-state index in [0.717, 1.165) is 44.9 Å². The molecule has 4 nitrogen and oxygen atoms in total. The summed E-state index contributed by atoms with van der Waals surface area (Å²) in [5.41, 5.74) is 0.0761. The van der Waals surface area contributed by atoms with Gasteiger partial charge >= 0.3 is 5.97 Å². The summed E-state index contributed by atoms with van der Waals surface area (Å²) in [5, 5.41) is 10.9. The van der Waals surface area contributed by atoms with Crippen molar-refractivity contribution in [1.82, 2.24) is 0 Å². The Balaban J connectivity index is 1.56. The lowest BCUT2D eigenvalue weighted by Gasteiger charge is -2.72. The fraction of sp³-hybridized carbons (Fsp3) is 0.933. The van der Waals surface area contributed by atoms with Gasteiger partial charge in [-0.2, -0.15) is 0 Å². The van der Waals surface area contributed by atoms with Gasteiger partial charge in [0.15, 0.2) is 0 Å². The predicted molar refractivity (Wildman–Crippen MR) is 133 cm³/mol. The summed E-state index contributed by atoms with van der Waals surface area (Å²) in [4.78, 5) is 26.1. The molecule has 0 aliphatic heterocycles. The van der Waals surface area contributed by atoms with E-state index in [1.807, 2.05) is 0 Å². The molecule has 192 valence electrons. The molecule has 1 N–H and O–H groups in total. The van der Waals surface area contributed by atoms with Crippen LogP contribution < -0.4 is 0 Å². The van der Waals surface area contributed by atoms with Gasteiger partial charge in [0, 0.05) is 5.92 Å². The molecule has 5 fully saturated rings. The zero-order valence-corrected chi connectivity index (χ0v) is 22.7. The van der Waals surface area contributed by atoms with Crippen LogP contribution in [0.4, 0.5) is 0 Å². The van der Waals surface area contributed by atoms with Gasteiger partial charge in [-0.25, -0.2) is 0 Å². The Morgan fingerprint density at radius 1 is 0.794 bits per heavy atom. The fourth-order valence-corrected chi connectivity index (χ4v) is 11.6. The number of hydrogen-bond acceptors (Lipinski definition) is 4. The average molecular weight is 473 g/mol. The topological polar surface area (TPSA) is 63.6 Å². The maximum atomic E-state index is 13.3. The maximum absolute atomic E-state index is 13.3. The number of methoxy groups -OCH3 is 1. The molecular formula is C30H48O4. The average Bonchev–Trinajstić information content (AvgIpc) is 3.18. The highest BCUT2D eigenvalue weighted by molar-refractivity contribution is 5.84. The second-order valence-corrected chi connectivity index (χ2v) is 14.5. The smallest absolute Gasteiger partial charge is 0.312 e. The molecule has 0 spiro atoms. The van der Waals surface area contributed by atoms with Gasteiger partial charge in [-0.15, -0.1) is 0 Å². The highest BCUT2D eigenvalue weighted by atomic mass is 16.5. The Morgan fingerprint density at radius 3 is 2.15 bits per heavy atom. The van der Waals surface area contributed by atoms with Crippen molar-refractivity contribution in [2.75, 3.05) is 7.11 Å². The van der Waals surface area contributed by atoms with E-state index in [1.165, 1.54) is 26.4 Å². The normalized spacial score (nSPS) is 53.6. The van der Waals surface area contributed by atoms with Crippen molar-refractivity contribution in [3.63, 3.8) is 0 Å². The van der Waals surface area contributed by atoms with E-state index in [2.05, 4.69) is 34.6 Å². The fourth-order valence-electron chi connectivity index (χ4n) is 11.6. The minimum Gasteiger partial charge on any atom is -0.469 e. The first-order valence-corrected chi connectivity index (χ1v) is 14.1. The van der Waals surface area contributed by atoms with E-state index in [0.29, 0.717) is 17.8 Å². The minimum absolute atomic E-state index is 0.000406. The minimum atomic E-state index is -0.462. The molecule has 0 saturated heterocycles. The molecule has 10 atom stereocenters. The summed E-state index contributed by atoms with van der Waals surface area (Å²) in [6.07, 6.45) is 10.1. The van der Waals surface area contributed by atoms with E-state index in [1.54, 1.807) is 6.92 Å². The molecule has 0 radical (unpaired) electrons. The molecule has 5 aliphatic rings. The van der Waals surface area contributed by atoms with Crippen LogP contribution in [0.5, 0.6) is 0 Å². The van der Waals surface area contributed by atoms with Crippen LogP contribution in [0.2, 0.25) is 0 Å². The van der Waals surface area contributed by atoms with E-state index >= 15 is 0 Å². The number of ether oxygens (including phenoxy) is 1. The van der Waals surface area contributed by atoms with Crippen molar-refractivity contribution in [3.8, 4) is 0 Å². The number of carbonyl (C=O) groups excluding carboxylic acids is 2. The number of carbonyl (C=O) groups is 2. The van der Waals surface area contributed by atoms with Crippen LogP contribution in [0.25, 0.3) is 0 Å². The molecule has 4 heteroatoms. The first-order valence-electron chi connectivity index (χ1n) is 14.1. The number of aliphatic hydroxyl groups excluding tert-OH is 1. The van der Waals surface area contributed by atoms with Crippen LogP contribution >= 0.6 is 0 Å². The van der Waals surface area contributed by atoms with Crippen LogP contribution in [0, 0.1) is 56.7 Å². The van der Waals surface area contributed by atoms with E-state index < -0.39 is 5.41 Å². The Labute approximate surface area is 207 Å². The number of fused-ring (bicyclic) bond motifs is 7. The lowest BCUT2D eigenvalue weighted by Crippen LogP contribution is -2.67. The first-order chi connectivity index (χ1) is 15.8. The van der Waals surface area contributed by atoms with Gasteiger partial charge in [-0.3, -0.25) is 9.59 Å². The molecule has 0 heterocycles. The number of aliphatic hydroxyl groups is 1. The zero-order valence-electron chi connectivity index (χ0n) is 22.7. The lowest BCUT2D eigenvalue weighted by atomic mass is 9.32. The third-order valence-electron chi connectivity index (χ3n) is 13.5. The summed E-state index contributed by atoms with van der Waals surface area (Å²) < 4.78 is 5.41. The Kier molecular flexibility index (Phi) is 5.51. The molecule has 0 aromatic rings. The van der Waals surface area contributed by atoms with Crippen molar-refractivity contribution >= 4 is 11.8 Å². The van der Waals surface area contributed by atoms with Gasteiger partial charge in [-0.05, 0) is 116 Å². The van der Waals surface area contributed by atoms with Crippen molar-refractivity contribution in [1.29, 1.82) is 0 Å². The quantitative estimate of drug-likeness (QED) is 0.487. The van der Waals surface area contributed by atoms with Crippen molar-refractivity contribution in [2.24, 2.45) is 56.7 Å². The van der Waals surface area contributed by atoms with Crippen LogP contribution in [0.15, 0.2) is 0 Å². The summed E-state index contributed by atoms with van der Waals surface area (Å²) >= 11 is 0.